The molecule has 1 atom stereocenters. The molecule has 2 N–H and O–H groups in total. The number of aromatic amines is 1. The second-order valence-corrected chi connectivity index (χ2v) is 8.34. The second-order valence-electron chi connectivity index (χ2n) is 8.34. The standard InChI is InChI=1S/C23H23N5O3/c1-13-20(31-22(26-13)23(2,3)30)21(29)28-11-10-16-18(25-12-24-16)19(28)17-9-8-14-6-4-5-7-15(14)27-17/h4-9,12,19,30H,10-11H2,1-3H3,(H,24,25)/t19-/m1/s1. The van der Waals surface area contributed by atoms with E-state index in [1.54, 1.807) is 32.0 Å². The molecular formula is C23H23N5O3. The summed E-state index contributed by atoms with van der Waals surface area (Å²) in [7, 11) is 0. The van der Waals surface area contributed by atoms with Crippen LogP contribution < -0.4 is 0 Å². The SMILES string of the molecule is Cc1nc(C(C)(C)O)oc1C(=O)N1CCc2[nH]cnc2[C@H]1c1ccc2ccccc2n1. The maximum atomic E-state index is 13.6. The van der Waals surface area contributed by atoms with Crippen LogP contribution in [-0.2, 0) is 12.0 Å². The Morgan fingerprint density at radius 1 is 1.23 bits per heavy atom. The van der Waals surface area contributed by atoms with E-state index in [1.165, 1.54) is 0 Å². The lowest BCUT2D eigenvalue weighted by Gasteiger charge is -2.34. The third-order valence-corrected chi connectivity index (χ3v) is 5.60. The minimum absolute atomic E-state index is 0.117. The number of fused-ring (bicyclic) bond motifs is 2. The van der Waals surface area contributed by atoms with Gasteiger partial charge in [-0.25, -0.2) is 9.97 Å². The lowest BCUT2D eigenvalue weighted by molar-refractivity contribution is 0.0440. The van der Waals surface area contributed by atoms with E-state index in [0.29, 0.717) is 18.7 Å². The lowest BCUT2D eigenvalue weighted by Crippen LogP contribution is -2.41. The number of oxazole rings is 1. The van der Waals surface area contributed by atoms with Crippen molar-refractivity contribution < 1.29 is 14.3 Å². The van der Waals surface area contributed by atoms with Crippen molar-refractivity contribution in [2.75, 3.05) is 6.54 Å². The topological polar surface area (TPSA) is 108 Å². The number of imidazole rings is 1. The molecule has 0 fully saturated rings. The highest BCUT2D eigenvalue weighted by Gasteiger charge is 2.38. The number of aliphatic hydroxyl groups is 1. The number of carbonyl (C=O) groups excluding carboxylic acids is 1. The van der Waals surface area contributed by atoms with Crippen LogP contribution in [0.1, 0.15) is 59.1 Å². The molecule has 0 aliphatic carbocycles. The minimum atomic E-state index is -1.28. The first-order valence-electron chi connectivity index (χ1n) is 10.2. The van der Waals surface area contributed by atoms with Crippen molar-refractivity contribution in [2.24, 2.45) is 0 Å². The van der Waals surface area contributed by atoms with Crippen LogP contribution >= 0.6 is 0 Å². The molecule has 4 aromatic rings. The lowest BCUT2D eigenvalue weighted by atomic mass is 9.98. The van der Waals surface area contributed by atoms with Crippen molar-refractivity contribution in [3.05, 3.63) is 77.2 Å². The first-order chi connectivity index (χ1) is 14.8. The van der Waals surface area contributed by atoms with E-state index in [9.17, 15) is 9.90 Å². The minimum Gasteiger partial charge on any atom is -0.432 e. The van der Waals surface area contributed by atoms with Crippen LogP contribution in [-0.4, -0.2) is 42.4 Å². The third kappa shape index (κ3) is 3.29. The fourth-order valence-corrected chi connectivity index (χ4v) is 4.02. The summed E-state index contributed by atoms with van der Waals surface area (Å²) in [5.74, 6) is -0.0535. The molecule has 0 unspecified atom stereocenters. The highest BCUT2D eigenvalue weighted by atomic mass is 16.4. The van der Waals surface area contributed by atoms with Gasteiger partial charge in [0.25, 0.3) is 5.91 Å². The van der Waals surface area contributed by atoms with Gasteiger partial charge in [-0.15, -0.1) is 0 Å². The van der Waals surface area contributed by atoms with Gasteiger partial charge in [0.2, 0.25) is 11.7 Å². The van der Waals surface area contributed by atoms with Crippen LogP contribution in [0.2, 0.25) is 0 Å². The van der Waals surface area contributed by atoms with E-state index in [2.05, 4.69) is 15.0 Å². The largest absolute Gasteiger partial charge is 0.432 e. The molecule has 1 aliphatic heterocycles. The molecule has 0 saturated heterocycles. The number of rotatable bonds is 3. The number of hydrogen-bond donors (Lipinski definition) is 2. The number of hydrogen-bond acceptors (Lipinski definition) is 6. The second kappa shape index (κ2) is 7.02. The molecular weight excluding hydrogens is 394 g/mol. The van der Waals surface area contributed by atoms with Gasteiger partial charge in [0.05, 0.1) is 28.9 Å². The number of nitrogens with one attached hydrogen (secondary N) is 1. The molecule has 0 radical (unpaired) electrons. The van der Waals surface area contributed by atoms with E-state index in [1.807, 2.05) is 36.4 Å². The van der Waals surface area contributed by atoms with Crippen LogP contribution in [0.25, 0.3) is 10.9 Å². The first kappa shape index (κ1) is 19.4. The molecule has 0 spiro atoms. The smallest absolute Gasteiger partial charge is 0.292 e. The van der Waals surface area contributed by atoms with Gasteiger partial charge >= 0.3 is 0 Å². The van der Waals surface area contributed by atoms with E-state index in [4.69, 9.17) is 9.40 Å². The molecule has 8 nitrogen and oxygen atoms in total. The summed E-state index contributed by atoms with van der Waals surface area (Å²) < 4.78 is 5.72. The van der Waals surface area contributed by atoms with Gasteiger partial charge in [0.1, 0.15) is 11.6 Å². The highest BCUT2D eigenvalue weighted by Crippen LogP contribution is 2.35. The van der Waals surface area contributed by atoms with Gasteiger partial charge in [-0.3, -0.25) is 9.78 Å². The van der Waals surface area contributed by atoms with Crippen LogP contribution in [0, 0.1) is 6.92 Å². The van der Waals surface area contributed by atoms with Crippen molar-refractivity contribution in [1.82, 2.24) is 24.8 Å². The number of nitrogens with zero attached hydrogens (tertiary/aromatic N) is 4. The van der Waals surface area contributed by atoms with Crippen molar-refractivity contribution >= 4 is 16.8 Å². The van der Waals surface area contributed by atoms with Gasteiger partial charge < -0.3 is 19.4 Å². The van der Waals surface area contributed by atoms with Crippen molar-refractivity contribution in [1.29, 1.82) is 0 Å². The summed E-state index contributed by atoms with van der Waals surface area (Å²) in [4.78, 5) is 32.1. The normalized spacial score (nSPS) is 16.5. The molecule has 1 aromatic carbocycles. The molecule has 0 saturated carbocycles. The van der Waals surface area contributed by atoms with Crippen molar-refractivity contribution in [3.63, 3.8) is 0 Å². The van der Waals surface area contributed by atoms with E-state index in [0.717, 1.165) is 28.0 Å². The number of H-pyrrole nitrogens is 1. The van der Waals surface area contributed by atoms with Crippen molar-refractivity contribution in [3.8, 4) is 0 Å². The molecule has 5 rings (SSSR count). The Bertz CT molecular complexity index is 1280. The number of benzene rings is 1. The third-order valence-electron chi connectivity index (χ3n) is 5.60. The zero-order chi connectivity index (χ0) is 21.8. The predicted octanol–water partition coefficient (Wildman–Crippen LogP) is 3.27. The number of amides is 1. The summed E-state index contributed by atoms with van der Waals surface area (Å²) in [5.41, 5.74) is 2.54. The quantitative estimate of drug-likeness (QED) is 0.530. The molecule has 31 heavy (non-hydrogen) atoms. The fourth-order valence-electron chi connectivity index (χ4n) is 4.02. The van der Waals surface area contributed by atoms with Crippen LogP contribution in [0.4, 0.5) is 0 Å². The number of pyridine rings is 1. The molecule has 4 heterocycles. The number of para-hydroxylation sites is 1. The Morgan fingerprint density at radius 2 is 2.03 bits per heavy atom. The Labute approximate surface area is 179 Å². The Kier molecular flexibility index (Phi) is 4.40. The zero-order valence-electron chi connectivity index (χ0n) is 17.6. The Morgan fingerprint density at radius 3 is 2.81 bits per heavy atom. The monoisotopic (exact) mass is 417 g/mol. The van der Waals surface area contributed by atoms with Gasteiger partial charge in [-0.1, -0.05) is 24.3 Å². The van der Waals surface area contributed by atoms with Gasteiger partial charge in [0, 0.05) is 24.0 Å². The Balaban J connectivity index is 1.60. The highest BCUT2D eigenvalue weighted by molar-refractivity contribution is 5.93. The number of aryl methyl sites for hydroxylation is 1. The van der Waals surface area contributed by atoms with Crippen LogP contribution in [0.15, 0.2) is 47.1 Å². The first-order valence-corrected chi connectivity index (χ1v) is 10.2. The maximum absolute atomic E-state index is 13.6. The van der Waals surface area contributed by atoms with E-state index in [-0.39, 0.29) is 17.6 Å². The Hall–Kier alpha value is -3.52. The summed E-state index contributed by atoms with van der Waals surface area (Å²) in [6.07, 6.45) is 2.30. The summed E-state index contributed by atoms with van der Waals surface area (Å²) >= 11 is 0. The molecule has 0 bridgehead atoms. The number of carbonyl (C=O) groups is 1. The zero-order valence-corrected chi connectivity index (χ0v) is 17.6. The van der Waals surface area contributed by atoms with Gasteiger partial charge in [-0.2, -0.15) is 0 Å². The van der Waals surface area contributed by atoms with Crippen LogP contribution in [0.3, 0.4) is 0 Å². The maximum Gasteiger partial charge on any atom is 0.292 e. The average Bonchev–Trinajstić information content (AvgIpc) is 3.38. The summed E-state index contributed by atoms with van der Waals surface area (Å²) in [5, 5.41) is 11.3. The molecule has 1 aliphatic rings. The fraction of sp³-hybridized carbons (Fsp3) is 0.304. The van der Waals surface area contributed by atoms with Crippen molar-refractivity contribution in [2.45, 2.75) is 38.8 Å². The summed E-state index contributed by atoms with van der Waals surface area (Å²) in [6.45, 7) is 5.33. The average molecular weight is 417 g/mol. The van der Waals surface area contributed by atoms with E-state index < -0.39 is 11.6 Å². The van der Waals surface area contributed by atoms with Gasteiger partial charge in [0.15, 0.2) is 0 Å². The number of aromatic nitrogens is 4. The molecule has 3 aromatic heterocycles. The molecule has 1 amide bonds. The predicted molar refractivity (Wildman–Crippen MR) is 113 cm³/mol. The molecule has 8 heteroatoms. The van der Waals surface area contributed by atoms with Gasteiger partial charge in [-0.05, 0) is 32.9 Å². The summed E-state index contributed by atoms with van der Waals surface area (Å²) in [6, 6.07) is 11.4. The molecule has 158 valence electrons. The van der Waals surface area contributed by atoms with E-state index >= 15 is 0 Å². The van der Waals surface area contributed by atoms with Crippen LogP contribution in [0.5, 0.6) is 0 Å².